The summed E-state index contributed by atoms with van der Waals surface area (Å²) in [5.74, 6) is -1.12. The zero-order valence-corrected chi connectivity index (χ0v) is 20.3. The number of aromatic nitrogens is 1. The van der Waals surface area contributed by atoms with Crippen LogP contribution in [0.15, 0.2) is 42.5 Å². The lowest BCUT2D eigenvalue weighted by molar-refractivity contribution is -0.139. The topological polar surface area (TPSA) is 91.4 Å². The van der Waals surface area contributed by atoms with Gasteiger partial charge in [0.05, 0.1) is 0 Å². The lowest BCUT2D eigenvalue weighted by atomic mass is 9.85. The molecule has 1 aromatic carbocycles. The first-order valence-electron chi connectivity index (χ1n) is 10.9. The Bertz CT molecular complexity index is 1030. The number of hydrogen-bond acceptors (Lipinski definition) is 3. The van der Waals surface area contributed by atoms with E-state index in [4.69, 9.17) is 4.74 Å². The molecule has 0 aliphatic rings. The monoisotopic (exact) mass is 440 g/mol. The summed E-state index contributed by atoms with van der Waals surface area (Å²) in [6.45, 7) is 17.3. The van der Waals surface area contributed by atoms with E-state index in [1.807, 2.05) is 26.0 Å². The number of benzene rings is 1. The molecule has 0 saturated carbocycles. The van der Waals surface area contributed by atoms with Crippen LogP contribution in [0.25, 0.3) is 10.9 Å². The van der Waals surface area contributed by atoms with Gasteiger partial charge in [-0.2, -0.15) is 0 Å². The predicted molar refractivity (Wildman–Crippen MR) is 129 cm³/mol. The summed E-state index contributed by atoms with van der Waals surface area (Å²) in [6, 6.07) is 5.05. The van der Waals surface area contributed by atoms with Crippen LogP contribution >= 0.6 is 0 Å². The molecular weight excluding hydrogens is 404 g/mol. The van der Waals surface area contributed by atoms with Crippen molar-refractivity contribution in [3.63, 3.8) is 0 Å². The van der Waals surface area contributed by atoms with E-state index in [0.29, 0.717) is 0 Å². The van der Waals surface area contributed by atoms with E-state index in [1.165, 1.54) is 5.57 Å². The summed E-state index contributed by atoms with van der Waals surface area (Å²) in [7, 11) is 0. The molecule has 0 unspecified atom stereocenters. The maximum atomic E-state index is 12.3. The smallest absolute Gasteiger partial charge is 0.408 e. The van der Waals surface area contributed by atoms with Crippen LogP contribution in [0.2, 0.25) is 0 Å². The number of carbonyl (C=O) groups is 2. The highest BCUT2D eigenvalue weighted by molar-refractivity contribution is 5.88. The molecule has 0 aliphatic heterocycles. The first-order valence-corrected chi connectivity index (χ1v) is 10.9. The number of nitrogens with one attached hydrogen (secondary N) is 2. The van der Waals surface area contributed by atoms with E-state index in [2.05, 4.69) is 48.9 Å². The van der Waals surface area contributed by atoms with Crippen LogP contribution in [0.4, 0.5) is 4.79 Å². The van der Waals surface area contributed by atoms with Gasteiger partial charge in [0.2, 0.25) is 0 Å². The zero-order valence-electron chi connectivity index (χ0n) is 20.3. The fourth-order valence-electron chi connectivity index (χ4n) is 3.46. The maximum absolute atomic E-state index is 12.3. The van der Waals surface area contributed by atoms with Gasteiger partial charge in [-0.05, 0) is 64.3 Å². The molecule has 0 spiro atoms. The highest BCUT2D eigenvalue weighted by Crippen LogP contribution is 2.34. The van der Waals surface area contributed by atoms with Crippen molar-refractivity contribution in [2.24, 2.45) is 0 Å². The molecular formula is C26H36N2O4. The fourth-order valence-corrected chi connectivity index (χ4v) is 3.46. The molecule has 2 aromatic rings. The number of H-pyrrole nitrogens is 1. The normalized spacial score (nSPS) is 12.8. The van der Waals surface area contributed by atoms with Gasteiger partial charge in [-0.1, -0.05) is 37.6 Å². The number of aromatic amines is 1. The average Bonchev–Trinajstić information content (AvgIpc) is 3.03. The lowest BCUT2D eigenvalue weighted by Crippen LogP contribution is -2.45. The van der Waals surface area contributed by atoms with Gasteiger partial charge in [0.15, 0.2) is 0 Å². The first-order chi connectivity index (χ1) is 14.7. The van der Waals surface area contributed by atoms with E-state index < -0.39 is 29.1 Å². The van der Waals surface area contributed by atoms with Crippen molar-refractivity contribution in [2.75, 3.05) is 0 Å². The third-order valence-electron chi connectivity index (χ3n) is 5.27. The molecule has 3 N–H and O–H groups in total. The highest BCUT2D eigenvalue weighted by atomic mass is 16.6. The summed E-state index contributed by atoms with van der Waals surface area (Å²) in [5.41, 5.74) is 3.90. The standard InChI is InChI=1S/C26H36N2O4/c1-9-26(7,8)22-19(15-21(23(29)30)28-24(31)32-25(4,5)6)18-14-17(11-10-16(2)3)12-13-20(18)27-22/h9-10,12-14,21,27H,1,11,15H2,2-8H3,(H,28,31)(H,29,30)/t21-/m0/s1. The molecule has 6 heteroatoms. The second-order valence-corrected chi connectivity index (χ2v) is 10.0. The van der Waals surface area contributed by atoms with Gasteiger partial charge in [-0.15, -0.1) is 6.58 Å². The molecule has 0 bridgehead atoms. The summed E-state index contributed by atoms with van der Waals surface area (Å²) in [6.07, 6.45) is 4.15. The van der Waals surface area contributed by atoms with Gasteiger partial charge in [0.25, 0.3) is 0 Å². The number of amides is 1. The summed E-state index contributed by atoms with van der Waals surface area (Å²) in [5, 5.41) is 13.3. The second kappa shape index (κ2) is 9.63. The number of carboxylic acid groups (broad SMARTS) is 1. The minimum absolute atomic E-state index is 0.118. The number of allylic oxidation sites excluding steroid dienone is 3. The van der Waals surface area contributed by atoms with Gasteiger partial charge in [0, 0.05) is 28.4 Å². The van der Waals surface area contributed by atoms with Gasteiger partial charge in [-0.25, -0.2) is 9.59 Å². The van der Waals surface area contributed by atoms with Crippen molar-refractivity contribution in [3.8, 4) is 0 Å². The molecule has 32 heavy (non-hydrogen) atoms. The Morgan fingerprint density at radius 2 is 1.88 bits per heavy atom. The Morgan fingerprint density at radius 1 is 1.22 bits per heavy atom. The molecule has 1 aromatic heterocycles. The van der Waals surface area contributed by atoms with E-state index in [9.17, 15) is 14.7 Å². The minimum atomic E-state index is -1.13. The van der Waals surface area contributed by atoms with E-state index >= 15 is 0 Å². The quantitative estimate of drug-likeness (QED) is 0.462. The average molecular weight is 441 g/mol. The second-order valence-electron chi connectivity index (χ2n) is 10.0. The van der Waals surface area contributed by atoms with Crippen LogP contribution in [-0.2, 0) is 27.8 Å². The van der Waals surface area contributed by atoms with Crippen molar-refractivity contribution in [3.05, 3.63) is 59.3 Å². The molecule has 6 nitrogen and oxygen atoms in total. The predicted octanol–water partition coefficient (Wildman–Crippen LogP) is 5.66. The number of aliphatic carboxylic acids is 1. The molecule has 0 saturated heterocycles. The van der Waals surface area contributed by atoms with Crippen LogP contribution in [0.3, 0.4) is 0 Å². The van der Waals surface area contributed by atoms with Crippen molar-refractivity contribution >= 4 is 23.0 Å². The van der Waals surface area contributed by atoms with E-state index in [0.717, 1.165) is 34.1 Å². The molecule has 2 rings (SSSR count). The van der Waals surface area contributed by atoms with Crippen molar-refractivity contribution in [2.45, 2.75) is 78.4 Å². The molecule has 174 valence electrons. The van der Waals surface area contributed by atoms with Crippen molar-refractivity contribution in [1.29, 1.82) is 0 Å². The Kier molecular flexibility index (Phi) is 7.60. The van der Waals surface area contributed by atoms with Crippen LogP contribution in [0, 0.1) is 0 Å². The van der Waals surface area contributed by atoms with Crippen LogP contribution in [-0.4, -0.2) is 33.8 Å². The number of carboxylic acids is 1. The third kappa shape index (κ3) is 6.49. The van der Waals surface area contributed by atoms with E-state index in [-0.39, 0.29) is 6.42 Å². The Morgan fingerprint density at radius 3 is 2.41 bits per heavy atom. The van der Waals surface area contributed by atoms with Crippen molar-refractivity contribution < 1.29 is 19.4 Å². The molecule has 1 atom stereocenters. The Balaban J connectivity index is 2.53. The third-order valence-corrected chi connectivity index (χ3v) is 5.27. The Hall–Kier alpha value is -3.02. The van der Waals surface area contributed by atoms with Crippen molar-refractivity contribution in [1.82, 2.24) is 10.3 Å². The Labute approximate surface area is 190 Å². The minimum Gasteiger partial charge on any atom is -0.480 e. The van der Waals surface area contributed by atoms with Crippen LogP contribution < -0.4 is 5.32 Å². The molecule has 0 aliphatic carbocycles. The SMILES string of the molecule is C=CC(C)(C)c1[nH]c2ccc(CC=C(C)C)cc2c1C[C@H](NC(=O)OC(C)(C)C)C(=O)O. The number of hydrogen-bond donors (Lipinski definition) is 3. The summed E-state index contributed by atoms with van der Waals surface area (Å²) in [4.78, 5) is 27.8. The molecule has 0 fully saturated rings. The van der Waals surface area contributed by atoms with Crippen LogP contribution in [0.1, 0.15) is 65.3 Å². The number of ether oxygens (including phenoxy) is 1. The molecule has 0 radical (unpaired) electrons. The molecule has 1 amide bonds. The number of fused-ring (bicyclic) bond motifs is 1. The van der Waals surface area contributed by atoms with Gasteiger partial charge >= 0.3 is 12.1 Å². The maximum Gasteiger partial charge on any atom is 0.408 e. The number of alkyl carbamates (subject to hydrolysis) is 1. The summed E-state index contributed by atoms with van der Waals surface area (Å²) >= 11 is 0. The number of carbonyl (C=O) groups excluding carboxylic acids is 1. The van der Waals surface area contributed by atoms with Gasteiger partial charge in [0.1, 0.15) is 11.6 Å². The van der Waals surface area contributed by atoms with E-state index in [1.54, 1.807) is 20.8 Å². The summed E-state index contributed by atoms with van der Waals surface area (Å²) < 4.78 is 5.27. The first kappa shape index (κ1) is 25.2. The largest absolute Gasteiger partial charge is 0.480 e. The highest BCUT2D eigenvalue weighted by Gasteiger charge is 2.30. The van der Waals surface area contributed by atoms with Gasteiger partial charge in [-0.3, -0.25) is 0 Å². The number of rotatable bonds is 8. The molecule has 1 heterocycles. The van der Waals surface area contributed by atoms with Gasteiger partial charge < -0.3 is 20.1 Å². The zero-order chi connectivity index (χ0) is 24.3. The fraction of sp³-hybridized carbons (Fsp3) is 0.462. The lowest BCUT2D eigenvalue weighted by Gasteiger charge is -2.24. The van der Waals surface area contributed by atoms with Crippen LogP contribution in [0.5, 0.6) is 0 Å².